The number of anilines is 1. The molecular weight excluding hydrogens is 350 g/mol. The average molecular weight is 369 g/mol. The van der Waals surface area contributed by atoms with Crippen molar-refractivity contribution >= 4 is 22.6 Å². The van der Waals surface area contributed by atoms with E-state index in [2.05, 4.69) is 9.97 Å². The lowest BCUT2D eigenvalue weighted by atomic mass is 9.93. The highest BCUT2D eigenvalue weighted by molar-refractivity contribution is 6.12. The van der Waals surface area contributed by atoms with Crippen LogP contribution < -0.4 is 4.90 Å². The van der Waals surface area contributed by atoms with Gasteiger partial charge in [0.25, 0.3) is 5.91 Å². The van der Waals surface area contributed by atoms with E-state index in [1.165, 1.54) is 4.90 Å². The number of nitrogens with zero attached hydrogens (tertiary/aromatic N) is 2. The van der Waals surface area contributed by atoms with Crippen LogP contribution in [0, 0.1) is 13.8 Å². The van der Waals surface area contributed by atoms with Crippen molar-refractivity contribution in [2.75, 3.05) is 4.90 Å². The molecule has 3 aromatic carbocycles. The minimum atomic E-state index is -1.61. The Morgan fingerprint density at radius 1 is 1.04 bits per heavy atom. The molecule has 0 bridgehead atoms. The fourth-order valence-corrected chi connectivity index (χ4v) is 4.04. The van der Waals surface area contributed by atoms with E-state index >= 15 is 0 Å². The topological polar surface area (TPSA) is 69.2 Å². The zero-order valence-electron chi connectivity index (χ0n) is 15.6. The largest absolute Gasteiger partial charge is 0.363 e. The zero-order chi connectivity index (χ0) is 19.5. The first-order chi connectivity index (χ1) is 13.5. The summed E-state index contributed by atoms with van der Waals surface area (Å²) in [5.74, 6) is -0.212. The minimum absolute atomic E-state index is 0.212. The molecule has 1 aliphatic heterocycles. The minimum Gasteiger partial charge on any atom is -0.363 e. The molecule has 0 saturated heterocycles. The standard InChI is InChI=1S/C23H19N3O2/c1-14-7-8-15(2)21(11-14)26-22(27)17-5-3-4-6-18(17)23(26,28)16-9-10-19-20(12-16)25-13-24-19/h3-13,28H,1-2H3,(H,24,25). The lowest BCUT2D eigenvalue weighted by molar-refractivity contribution is 0.0703. The van der Waals surface area contributed by atoms with Gasteiger partial charge >= 0.3 is 0 Å². The molecule has 2 N–H and O–H groups in total. The summed E-state index contributed by atoms with van der Waals surface area (Å²) in [5, 5.41) is 12.1. The van der Waals surface area contributed by atoms with Gasteiger partial charge in [-0.1, -0.05) is 36.4 Å². The second kappa shape index (κ2) is 5.78. The highest BCUT2D eigenvalue weighted by Gasteiger charge is 2.51. The van der Waals surface area contributed by atoms with E-state index in [9.17, 15) is 9.90 Å². The SMILES string of the molecule is Cc1ccc(C)c(N2C(=O)c3ccccc3C2(O)c2ccc3nc[nH]c3c2)c1. The number of hydrogen-bond donors (Lipinski definition) is 2. The Labute approximate surface area is 162 Å². The molecule has 28 heavy (non-hydrogen) atoms. The van der Waals surface area contributed by atoms with E-state index in [4.69, 9.17) is 0 Å². The molecule has 5 nitrogen and oxygen atoms in total. The second-order valence-electron chi connectivity index (χ2n) is 7.28. The number of aromatic amines is 1. The van der Waals surface area contributed by atoms with Crippen molar-refractivity contribution in [2.45, 2.75) is 19.6 Å². The van der Waals surface area contributed by atoms with Gasteiger partial charge in [-0.25, -0.2) is 4.98 Å². The van der Waals surface area contributed by atoms with Gasteiger partial charge in [-0.15, -0.1) is 0 Å². The average Bonchev–Trinajstić information content (AvgIpc) is 3.26. The van der Waals surface area contributed by atoms with Crippen molar-refractivity contribution in [1.29, 1.82) is 0 Å². The van der Waals surface area contributed by atoms with Gasteiger partial charge in [-0.3, -0.25) is 9.69 Å². The molecule has 1 aliphatic rings. The number of hydrogen-bond acceptors (Lipinski definition) is 3. The van der Waals surface area contributed by atoms with Crippen LogP contribution in [-0.4, -0.2) is 21.0 Å². The molecule has 1 atom stereocenters. The van der Waals surface area contributed by atoms with Crippen LogP contribution >= 0.6 is 0 Å². The molecule has 1 aromatic heterocycles. The molecule has 5 rings (SSSR count). The summed E-state index contributed by atoms with van der Waals surface area (Å²) in [5.41, 5.74) is 4.37. The van der Waals surface area contributed by atoms with Crippen molar-refractivity contribution < 1.29 is 9.90 Å². The van der Waals surface area contributed by atoms with Gasteiger partial charge in [0.05, 0.1) is 23.0 Å². The Hall–Kier alpha value is -3.44. The Morgan fingerprint density at radius 2 is 1.86 bits per heavy atom. The van der Waals surface area contributed by atoms with E-state index in [0.29, 0.717) is 22.4 Å². The molecular formula is C23H19N3O2. The van der Waals surface area contributed by atoms with Gasteiger partial charge in [0, 0.05) is 16.7 Å². The summed E-state index contributed by atoms with van der Waals surface area (Å²) in [4.78, 5) is 22.3. The summed E-state index contributed by atoms with van der Waals surface area (Å²) >= 11 is 0. The lowest BCUT2D eigenvalue weighted by Gasteiger charge is -2.36. The Balaban J connectivity index is 1.82. The van der Waals surface area contributed by atoms with Crippen molar-refractivity contribution in [1.82, 2.24) is 9.97 Å². The van der Waals surface area contributed by atoms with E-state index in [1.807, 2.05) is 68.4 Å². The van der Waals surface area contributed by atoms with Crippen molar-refractivity contribution in [2.24, 2.45) is 0 Å². The predicted molar refractivity (Wildman–Crippen MR) is 108 cm³/mol. The number of carbonyl (C=O) groups excluding carboxylic acids is 1. The third-order valence-electron chi connectivity index (χ3n) is 5.49. The maximum atomic E-state index is 13.4. The van der Waals surface area contributed by atoms with Gasteiger partial charge in [-0.2, -0.15) is 0 Å². The third kappa shape index (κ3) is 2.17. The summed E-state index contributed by atoms with van der Waals surface area (Å²) in [6, 6.07) is 18.7. The van der Waals surface area contributed by atoms with Crippen LogP contribution in [-0.2, 0) is 5.72 Å². The molecule has 0 saturated carbocycles. The molecule has 0 aliphatic carbocycles. The maximum absolute atomic E-state index is 13.4. The van der Waals surface area contributed by atoms with Crippen LogP contribution in [0.15, 0.2) is 67.0 Å². The first kappa shape index (κ1) is 16.7. The van der Waals surface area contributed by atoms with Gasteiger partial charge in [-0.05, 0) is 49.2 Å². The molecule has 0 fully saturated rings. The fraction of sp³-hybridized carbons (Fsp3) is 0.130. The molecule has 4 aromatic rings. The van der Waals surface area contributed by atoms with Crippen LogP contribution in [0.2, 0.25) is 0 Å². The summed E-state index contributed by atoms with van der Waals surface area (Å²) in [7, 11) is 0. The number of aliphatic hydroxyl groups is 1. The second-order valence-corrected chi connectivity index (χ2v) is 7.28. The molecule has 1 amide bonds. The number of aryl methyl sites for hydroxylation is 2. The van der Waals surface area contributed by atoms with Crippen LogP contribution in [0.25, 0.3) is 11.0 Å². The fourth-order valence-electron chi connectivity index (χ4n) is 4.04. The van der Waals surface area contributed by atoms with E-state index in [-0.39, 0.29) is 5.91 Å². The molecule has 5 heteroatoms. The van der Waals surface area contributed by atoms with Crippen LogP contribution in [0.1, 0.15) is 32.6 Å². The van der Waals surface area contributed by atoms with E-state index in [1.54, 1.807) is 12.4 Å². The van der Waals surface area contributed by atoms with Crippen molar-refractivity contribution in [3.8, 4) is 0 Å². The van der Waals surface area contributed by atoms with Crippen molar-refractivity contribution in [3.05, 3.63) is 94.8 Å². The summed E-state index contributed by atoms with van der Waals surface area (Å²) in [6.07, 6.45) is 1.62. The Bertz CT molecular complexity index is 1240. The number of nitrogens with one attached hydrogen (secondary N) is 1. The number of H-pyrrole nitrogens is 1. The van der Waals surface area contributed by atoms with Gasteiger partial charge in [0.15, 0.2) is 5.72 Å². The molecule has 0 spiro atoms. The number of aromatic nitrogens is 2. The van der Waals surface area contributed by atoms with Gasteiger partial charge in [0.2, 0.25) is 0 Å². The highest BCUT2D eigenvalue weighted by atomic mass is 16.3. The number of fused-ring (bicyclic) bond motifs is 2. The molecule has 138 valence electrons. The lowest BCUT2D eigenvalue weighted by Crippen LogP contribution is -2.45. The zero-order valence-corrected chi connectivity index (χ0v) is 15.6. The molecule has 2 heterocycles. The van der Waals surface area contributed by atoms with Gasteiger partial charge < -0.3 is 10.1 Å². The first-order valence-electron chi connectivity index (χ1n) is 9.17. The quantitative estimate of drug-likeness (QED) is 0.560. The number of benzene rings is 3. The Morgan fingerprint density at radius 3 is 2.71 bits per heavy atom. The van der Waals surface area contributed by atoms with Crippen molar-refractivity contribution in [3.63, 3.8) is 0 Å². The molecule has 0 radical (unpaired) electrons. The monoisotopic (exact) mass is 369 g/mol. The van der Waals surface area contributed by atoms with E-state index in [0.717, 1.165) is 22.2 Å². The normalized spacial score (nSPS) is 18.7. The smallest absolute Gasteiger partial charge is 0.261 e. The third-order valence-corrected chi connectivity index (χ3v) is 5.49. The van der Waals surface area contributed by atoms with Crippen LogP contribution in [0.5, 0.6) is 0 Å². The number of rotatable bonds is 2. The van der Waals surface area contributed by atoms with Gasteiger partial charge in [0.1, 0.15) is 0 Å². The highest BCUT2D eigenvalue weighted by Crippen LogP contribution is 2.46. The Kier molecular flexibility index (Phi) is 3.45. The van der Waals surface area contributed by atoms with Crippen LogP contribution in [0.3, 0.4) is 0 Å². The van der Waals surface area contributed by atoms with Crippen LogP contribution in [0.4, 0.5) is 5.69 Å². The van der Waals surface area contributed by atoms with E-state index < -0.39 is 5.72 Å². The molecule has 1 unspecified atom stereocenters. The predicted octanol–water partition coefficient (Wildman–Crippen LogP) is 4.03. The number of carbonyl (C=O) groups is 1. The number of amides is 1. The summed E-state index contributed by atoms with van der Waals surface area (Å²) < 4.78 is 0. The number of imidazole rings is 1. The summed E-state index contributed by atoms with van der Waals surface area (Å²) in [6.45, 7) is 3.93. The first-order valence-corrected chi connectivity index (χ1v) is 9.17. The maximum Gasteiger partial charge on any atom is 0.261 e.